The van der Waals surface area contributed by atoms with Gasteiger partial charge >= 0.3 is 6.03 Å². The maximum Gasteiger partial charge on any atom is 0.329 e. The molecule has 0 aliphatic carbocycles. The van der Waals surface area contributed by atoms with E-state index in [0.717, 1.165) is 27.5 Å². The van der Waals surface area contributed by atoms with Crippen LogP contribution < -0.4 is 15.4 Å². The molecule has 0 bridgehead atoms. The number of hydrogen-bond donors (Lipinski definition) is 2. The minimum absolute atomic E-state index is 0.117. The summed E-state index contributed by atoms with van der Waals surface area (Å²) in [6.45, 7) is 1.49. The summed E-state index contributed by atoms with van der Waals surface area (Å²) < 4.78 is 7.06. The number of aromatic nitrogens is 1. The van der Waals surface area contributed by atoms with E-state index in [9.17, 15) is 14.4 Å². The number of aryl methyl sites for hydroxylation is 1. The van der Waals surface area contributed by atoms with Crippen LogP contribution in [0.1, 0.15) is 11.1 Å². The van der Waals surface area contributed by atoms with Gasteiger partial charge in [0.25, 0.3) is 5.91 Å². The molecule has 1 aliphatic rings. The highest BCUT2D eigenvalue weighted by Crippen LogP contribution is 2.19. The van der Waals surface area contributed by atoms with E-state index >= 15 is 0 Å². The van der Waals surface area contributed by atoms with Crippen molar-refractivity contribution in [1.82, 2.24) is 14.8 Å². The van der Waals surface area contributed by atoms with Crippen LogP contribution in [0, 0.1) is 6.92 Å². The van der Waals surface area contributed by atoms with Crippen molar-refractivity contribution in [2.75, 3.05) is 19.0 Å². The van der Waals surface area contributed by atoms with E-state index in [0.29, 0.717) is 5.69 Å². The van der Waals surface area contributed by atoms with Crippen molar-refractivity contribution in [3.8, 4) is 11.4 Å². The SMILES string of the molecule is COc1ccc(-n2ccc(/C=C3/NC(=O)N(CC(=O)Nc4ccccc4C)C3=O)c2)cc1. The number of hydrogen-bond acceptors (Lipinski definition) is 4. The smallest absolute Gasteiger partial charge is 0.329 e. The highest BCUT2D eigenvalue weighted by atomic mass is 16.5. The Morgan fingerprint density at radius 3 is 2.56 bits per heavy atom. The Morgan fingerprint density at radius 1 is 1.09 bits per heavy atom. The number of urea groups is 1. The maximum atomic E-state index is 12.7. The monoisotopic (exact) mass is 430 g/mol. The molecular weight excluding hydrogens is 408 g/mol. The minimum atomic E-state index is -0.629. The molecule has 162 valence electrons. The third kappa shape index (κ3) is 4.39. The van der Waals surface area contributed by atoms with Crippen molar-refractivity contribution >= 4 is 29.6 Å². The molecule has 3 aromatic rings. The molecule has 0 unspecified atom stereocenters. The van der Waals surface area contributed by atoms with Gasteiger partial charge < -0.3 is 19.9 Å². The number of imide groups is 1. The van der Waals surface area contributed by atoms with Gasteiger partial charge in [-0.1, -0.05) is 18.2 Å². The molecule has 32 heavy (non-hydrogen) atoms. The number of nitrogens with zero attached hydrogens (tertiary/aromatic N) is 2. The number of amides is 4. The zero-order chi connectivity index (χ0) is 22.7. The van der Waals surface area contributed by atoms with Gasteiger partial charge in [-0.05, 0) is 60.5 Å². The largest absolute Gasteiger partial charge is 0.497 e. The molecule has 4 amide bonds. The zero-order valence-corrected chi connectivity index (χ0v) is 17.7. The van der Waals surface area contributed by atoms with Gasteiger partial charge in [0.15, 0.2) is 0 Å². The minimum Gasteiger partial charge on any atom is -0.497 e. The van der Waals surface area contributed by atoms with Crippen molar-refractivity contribution in [1.29, 1.82) is 0 Å². The Bertz CT molecular complexity index is 1210. The number of anilines is 1. The summed E-state index contributed by atoms with van der Waals surface area (Å²) in [6.07, 6.45) is 5.27. The van der Waals surface area contributed by atoms with Crippen molar-refractivity contribution in [3.63, 3.8) is 0 Å². The van der Waals surface area contributed by atoms with Gasteiger partial charge in [-0.15, -0.1) is 0 Å². The average Bonchev–Trinajstić information content (AvgIpc) is 3.36. The number of benzene rings is 2. The van der Waals surface area contributed by atoms with E-state index in [1.54, 1.807) is 25.3 Å². The van der Waals surface area contributed by atoms with Crippen LogP contribution in [0.25, 0.3) is 11.8 Å². The molecule has 2 aromatic carbocycles. The molecule has 8 heteroatoms. The predicted octanol–water partition coefficient (Wildman–Crippen LogP) is 3.33. The third-order valence-electron chi connectivity index (χ3n) is 5.08. The summed E-state index contributed by atoms with van der Waals surface area (Å²) in [4.78, 5) is 38.2. The van der Waals surface area contributed by atoms with Gasteiger partial charge in [-0.25, -0.2) is 9.69 Å². The molecule has 8 nitrogen and oxygen atoms in total. The van der Waals surface area contributed by atoms with Gasteiger partial charge in [0.2, 0.25) is 5.91 Å². The highest BCUT2D eigenvalue weighted by Gasteiger charge is 2.35. The number of para-hydroxylation sites is 1. The number of ether oxygens (including phenoxy) is 1. The second kappa shape index (κ2) is 8.81. The first-order chi connectivity index (χ1) is 15.4. The lowest BCUT2D eigenvalue weighted by molar-refractivity contribution is -0.127. The molecular formula is C24H22N4O4. The maximum absolute atomic E-state index is 12.7. The fourth-order valence-electron chi connectivity index (χ4n) is 3.34. The molecule has 0 saturated carbocycles. The van der Waals surface area contributed by atoms with Crippen molar-refractivity contribution in [2.45, 2.75) is 6.92 Å². The predicted molar refractivity (Wildman–Crippen MR) is 120 cm³/mol. The van der Waals surface area contributed by atoms with Crippen molar-refractivity contribution < 1.29 is 19.1 Å². The van der Waals surface area contributed by atoms with Crippen molar-refractivity contribution in [2.24, 2.45) is 0 Å². The molecule has 0 atom stereocenters. The van der Waals surface area contributed by atoms with E-state index in [1.165, 1.54) is 0 Å². The molecule has 0 spiro atoms. The van der Waals surface area contributed by atoms with Crippen LogP contribution in [0.3, 0.4) is 0 Å². The summed E-state index contributed by atoms with van der Waals surface area (Å²) in [5.74, 6) is -0.240. The van der Waals surface area contributed by atoms with Crippen LogP contribution in [0.15, 0.2) is 72.7 Å². The summed E-state index contributed by atoms with van der Waals surface area (Å²) >= 11 is 0. The van der Waals surface area contributed by atoms with Crippen LogP contribution in [0.4, 0.5) is 10.5 Å². The summed E-state index contributed by atoms with van der Waals surface area (Å²) in [6, 6.07) is 16.0. The topological polar surface area (TPSA) is 92.7 Å². The number of rotatable bonds is 6. The van der Waals surface area contributed by atoms with E-state index in [1.807, 2.05) is 66.3 Å². The zero-order valence-electron chi connectivity index (χ0n) is 17.7. The third-order valence-corrected chi connectivity index (χ3v) is 5.08. The Morgan fingerprint density at radius 2 is 1.84 bits per heavy atom. The average molecular weight is 430 g/mol. The summed E-state index contributed by atoms with van der Waals surface area (Å²) in [7, 11) is 1.61. The Balaban J connectivity index is 1.45. The molecule has 2 heterocycles. The van der Waals surface area contributed by atoms with Gasteiger partial charge in [-0.2, -0.15) is 0 Å². The Kier molecular flexibility index (Phi) is 5.76. The molecule has 4 rings (SSSR count). The first-order valence-electron chi connectivity index (χ1n) is 9.97. The normalized spacial score (nSPS) is 14.6. The second-order valence-corrected chi connectivity index (χ2v) is 7.29. The number of methoxy groups -OCH3 is 1. The van der Waals surface area contributed by atoms with E-state index in [-0.39, 0.29) is 12.2 Å². The molecule has 0 radical (unpaired) electrons. The van der Waals surface area contributed by atoms with Crippen LogP contribution in [0.2, 0.25) is 0 Å². The van der Waals surface area contributed by atoms with Crippen LogP contribution in [-0.2, 0) is 9.59 Å². The Hall–Kier alpha value is -4.33. The molecule has 1 aliphatic heterocycles. The first-order valence-corrected chi connectivity index (χ1v) is 9.97. The van der Waals surface area contributed by atoms with Crippen LogP contribution in [-0.4, -0.2) is 41.0 Å². The van der Waals surface area contributed by atoms with E-state index in [4.69, 9.17) is 4.74 Å². The van der Waals surface area contributed by atoms with Crippen LogP contribution >= 0.6 is 0 Å². The molecule has 1 fully saturated rings. The second-order valence-electron chi connectivity index (χ2n) is 7.29. The number of nitrogens with one attached hydrogen (secondary N) is 2. The fraction of sp³-hybridized carbons (Fsp3) is 0.125. The highest BCUT2D eigenvalue weighted by molar-refractivity contribution is 6.15. The summed E-state index contributed by atoms with van der Waals surface area (Å²) in [5, 5.41) is 5.27. The van der Waals surface area contributed by atoms with E-state index in [2.05, 4.69) is 10.6 Å². The standard InChI is InChI=1S/C24H22N4O4/c1-16-5-3-4-6-20(16)25-22(29)15-28-23(30)21(26-24(28)31)13-17-11-12-27(14-17)18-7-9-19(32-2)10-8-18/h3-14H,15H2,1-2H3,(H,25,29)(H,26,31)/b21-13+. The lowest BCUT2D eigenvalue weighted by atomic mass is 10.2. The first kappa shape index (κ1) is 20.9. The number of carbonyl (C=O) groups excluding carboxylic acids is 3. The van der Waals surface area contributed by atoms with Gasteiger partial charge in [0.05, 0.1) is 7.11 Å². The quantitative estimate of drug-likeness (QED) is 0.464. The van der Waals surface area contributed by atoms with Gasteiger partial charge in [-0.3, -0.25) is 9.59 Å². The summed E-state index contributed by atoms with van der Waals surface area (Å²) in [5.41, 5.74) is 3.30. The van der Waals surface area contributed by atoms with Crippen LogP contribution in [0.5, 0.6) is 5.75 Å². The lowest BCUT2D eigenvalue weighted by Gasteiger charge is -2.13. The van der Waals surface area contributed by atoms with E-state index < -0.39 is 17.8 Å². The van der Waals surface area contributed by atoms with Crippen molar-refractivity contribution in [3.05, 3.63) is 83.8 Å². The number of carbonyl (C=O) groups is 3. The fourth-order valence-corrected chi connectivity index (χ4v) is 3.34. The molecule has 2 N–H and O–H groups in total. The van der Waals surface area contributed by atoms with Gasteiger partial charge in [0, 0.05) is 23.8 Å². The molecule has 1 saturated heterocycles. The van der Waals surface area contributed by atoms with Gasteiger partial charge in [0.1, 0.15) is 18.0 Å². The lowest BCUT2D eigenvalue weighted by Crippen LogP contribution is -2.38. The molecule has 1 aromatic heterocycles. The Labute approximate surface area is 185 Å².